The lowest BCUT2D eigenvalue weighted by Gasteiger charge is -2.32. The highest BCUT2D eigenvalue weighted by Crippen LogP contribution is 2.25. The summed E-state index contributed by atoms with van der Waals surface area (Å²) in [5, 5.41) is 15.3. The topological polar surface area (TPSA) is 116 Å². The van der Waals surface area contributed by atoms with Crippen LogP contribution in [0.2, 0.25) is 5.02 Å². The van der Waals surface area contributed by atoms with Crippen LogP contribution in [-0.4, -0.2) is 61.6 Å². The molecule has 0 radical (unpaired) electrons. The first-order chi connectivity index (χ1) is 15.5. The van der Waals surface area contributed by atoms with Gasteiger partial charge in [-0.1, -0.05) is 11.6 Å². The van der Waals surface area contributed by atoms with Crippen molar-refractivity contribution in [2.75, 3.05) is 30.3 Å². The molecular formula is C21H23ClFN7O2. The minimum Gasteiger partial charge on any atom is -0.481 e. The molecule has 1 aliphatic rings. The minimum absolute atomic E-state index is 0.0136. The SMILES string of the molecule is O=C(O)CCCN1CCC(Nc2ncc3ncnc(Nc4ccc(F)c(Cl)c4)c3n2)CC1. The van der Waals surface area contributed by atoms with Crippen LogP contribution in [0.4, 0.5) is 21.8 Å². The zero-order valence-electron chi connectivity index (χ0n) is 17.3. The van der Waals surface area contributed by atoms with Crippen LogP contribution in [0, 0.1) is 5.82 Å². The molecule has 0 unspecified atom stereocenters. The number of rotatable bonds is 8. The molecule has 3 heterocycles. The standard InChI is InChI=1S/C21H23ClFN7O2/c22-15-10-14(3-4-16(15)23)27-20-19-17(25-12-26-20)11-24-21(29-19)28-13-5-8-30(9-6-13)7-1-2-18(31)32/h3-4,10-13H,1-2,5-9H2,(H,31,32)(H,24,28,29)(H,25,26,27). The van der Waals surface area contributed by atoms with E-state index in [0.717, 1.165) is 32.5 Å². The number of hydrogen-bond acceptors (Lipinski definition) is 8. The number of piperidine rings is 1. The number of nitrogens with zero attached hydrogens (tertiary/aromatic N) is 5. The molecule has 0 bridgehead atoms. The average molecular weight is 460 g/mol. The highest BCUT2D eigenvalue weighted by atomic mass is 35.5. The maximum absolute atomic E-state index is 13.4. The van der Waals surface area contributed by atoms with Crippen LogP contribution < -0.4 is 10.6 Å². The van der Waals surface area contributed by atoms with Gasteiger partial charge in [0.1, 0.15) is 23.2 Å². The Bertz CT molecular complexity index is 1110. The first kappa shape index (κ1) is 22.1. The molecule has 0 aliphatic carbocycles. The third kappa shape index (κ3) is 5.57. The van der Waals surface area contributed by atoms with Gasteiger partial charge in [0.05, 0.1) is 11.2 Å². The van der Waals surface area contributed by atoms with E-state index in [2.05, 4.69) is 35.5 Å². The lowest BCUT2D eigenvalue weighted by molar-refractivity contribution is -0.137. The molecule has 0 saturated carbocycles. The molecule has 168 valence electrons. The van der Waals surface area contributed by atoms with E-state index in [1.54, 1.807) is 12.3 Å². The molecule has 9 nitrogen and oxygen atoms in total. The number of carboxylic acids is 1. The summed E-state index contributed by atoms with van der Waals surface area (Å²) < 4.78 is 13.4. The normalized spacial score (nSPS) is 15.1. The van der Waals surface area contributed by atoms with E-state index >= 15 is 0 Å². The van der Waals surface area contributed by atoms with Crippen LogP contribution in [0.1, 0.15) is 25.7 Å². The van der Waals surface area contributed by atoms with Crippen LogP contribution in [0.25, 0.3) is 11.0 Å². The number of hydrogen-bond donors (Lipinski definition) is 3. The molecule has 4 rings (SSSR count). The average Bonchev–Trinajstić information content (AvgIpc) is 2.78. The molecule has 1 saturated heterocycles. The maximum atomic E-state index is 13.4. The highest BCUT2D eigenvalue weighted by Gasteiger charge is 2.20. The van der Waals surface area contributed by atoms with Crippen molar-refractivity contribution in [3.05, 3.63) is 41.6 Å². The number of aromatic nitrogens is 4. The van der Waals surface area contributed by atoms with Crippen LogP contribution in [0.3, 0.4) is 0 Å². The van der Waals surface area contributed by atoms with Crippen molar-refractivity contribution >= 4 is 46.1 Å². The van der Waals surface area contributed by atoms with Crippen molar-refractivity contribution in [3.8, 4) is 0 Å². The zero-order chi connectivity index (χ0) is 22.5. The molecule has 3 aromatic rings. The fourth-order valence-corrected chi connectivity index (χ4v) is 3.84. The summed E-state index contributed by atoms with van der Waals surface area (Å²) in [5.41, 5.74) is 1.70. The number of fused-ring (bicyclic) bond motifs is 1. The van der Waals surface area contributed by atoms with Crippen LogP contribution >= 0.6 is 11.6 Å². The number of carboxylic acid groups (broad SMARTS) is 1. The van der Waals surface area contributed by atoms with E-state index in [-0.39, 0.29) is 17.5 Å². The minimum atomic E-state index is -0.754. The van der Waals surface area contributed by atoms with Crippen molar-refractivity contribution in [1.29, 1.82) is 0 Å². The number of benzene rings is 1. The lowest BCUT2D eigenvalue weighted by atomic mass is 10.0. The van der Waals surface area contributed by atoms with E-state index in [4.69, 9.17) is 16.7 Å². The summed E-state index contributed by atoms with van der Waals surface area (Å²) >= 11 is 5.87. The van der Waals surface area contributed by atoms with Gasteiger partial charge in [-0.2, -0.15) is 0 Å². The maximum Gasteiger partial charge on any atom is 0.303 e. The zero-order valence-corrected chi connectivity index (χ0v) is 18.0. The van der Waals surface area contributed by atoms with Crippen molar-refractivity contribution < 1.29 is 14.3 Å². The lowest BCUT2D eigenvalue weighted by Crippen LogP contribution is -2.39. The molecule has 2 aromatic heterocycles. The number of anilines is 3. The van der Waals surface area contributed by atoms with E-state index < -0.39 is 11.8 Å². The van der Waals surface area contributed by atoms with Crippen LogP contribution in [-0.2, 0) is 4.79 Å². The molecular weight excluding hydrogens is 437 g/mol. The molecule has 32 heavy (non-hydrogen) atoms. The second kappa shape index (κ2) is 10.0. The Morgan fingerprint density at radius 3 is 2.81 bits per heavy atom. The third-order valence-corrected chi connectivity index (χ3v) is 5.64. The van der Waals surface area contributed by atoms with Crippen molar-refractivity contribution in [2.24, 2.45) is 0 Å². The first-order valence-corrected chi connectivity index (χ1v) is 10.8. The number of carbonyl (C=O) groups is 1. The van der Waals surface area contributed by atoms with E-state index in [1.165, 1.54) is 18.5 Å². The van der Waals surface area contributed by atoms with Gasteiger partial charge in [0.2, 0.25) is 5.95 Å². The predicted molar refractivity (Wildman–Crippen MR) is 120 cm³/mol. The Labute approximate surface area is 189 Å². The Balaban J connectivity index is 1.41. The Kier molecular flexibility index (Phi) is 6.91. The Morgan fingerprint density at radius 1 is 1.25 bits per heavy atom. The molecule has 0 atom stereocenters. The van der Waals surface area contributed by atoms with E-state index in [1.807, 2.05) is 0 Å². The van der Waals surface area contributed by atoms with Gasteiger partial charge in [0.25, 0.3) is 0 Å². The number of aliphatic carboxylic acids is 1. The summed E-state index contributed by atoms with van der Waals surface area (Å²) in [4.78, 5) is 30.4. The molecule has 0 spiro atoms. The predicted octanol–water partition coefficient (Wildman–Crippen LogP) is 3.70. The molecule has 1 fully saturated rings. The summed E-state index contributed by atoms with van der Waals surface area (Å²) in [5.74, 6) is -0.296. The highest BCUT2D eigenvalue weighted by molar-refractivity contribution is 6.31. The fourth-order valence-electron chi connectivity index (χ4n) is 3.66. The quantitative estimate of drug-likeness (QED) is 0.463. The summed E-state index contributed by atoms with van der Waals surface area (Å²) in [6, 6.07) is 4.55. The Hall–Kier alpha value is -3.11. The summed E-state index contributed by atoms with van der Waals surface area (Å²) in [6.45, 7) is 2.59. The van der Waals surface area contributed by atoms with E-state index in [0.29, 0.717) is 34.9 Å². The third-order valence-electron chi connectivity index (χ3n) is 5.35. The molecule has 3 N–H and O–H groups in total. The van der Waals surface area contributed by atoms with Crippen molar-refractivity contribution in [1.82, 2.24) is 24.8 Å². The van der Waals surface area contributed by atoms with Gasteiger partial charge in [0, 0.05) is 31.2 Å². The number of halogens is 2. The van der Waals surface area contributed by atoms with Gasteiger partial charge in [-0.3, -0.25) is 4.79 Å². The number of nitrogens with one attached hydrogen (secondary N) is 2. The van der Waals surface area contributed by atoms with Gasteiger partial charge in [-0.25, -0.2) is 24.3 Å². The summed E-state index contributed by atoms with van der Waals surface area (Å²) in [6.07, 6.45) is 5.74. The second-order valence-corrected chi connectivity index (χ2v) is 8.07. The Morgan fingerprint density at radius 2 is 2.06 bits per heavy atom. The van der Waals surface area contributed by atoms with Crippen molar-refractivity contribution in [2.45, 2.75) is 31.7 Å². The molecule has 0 amide bonds. The first-order valence-electron chi connectivity index (χ1n) is 10.4. The van der Waals surface area contributed by atoms with Gasteiger partial charge >= 0.3 is 5.97 Å². The molecule has 1 aliphatic heterocycles. The van der Waals surface area contributed by atoms with Gasteiger partial charge in [0.15, 0.2) is 5.82 Å². The van der Waals surface area contributed by atoms with Gasteiger partial charge in [-0.15, -0.1) is 0 Å². The molecule has 11 heteroatoms. The van der Waals surface area contributed by atoms with Gasteiger partial charge < -0.3 is 20.6 Å². The van der Waals surface area contributed by atoms with E-state index in [9.17, 15) is 9.18 Å². The van der Waals surface area contributed by atoms with Crippen LogP contribution in [0.15, 0.2) is 30.7 Å². The van der Waals surface area contributed by atoms with Crippen LogP contribution in [0.5, 0.6) is 0 Å². The smallest absolute Gasteiger partial charge is 0.303 e. The fraction of sp³-hybridized carbons (Fsp3) is 0.381. The van der Waals surface area contributed by atoms with Gasteiger partial charge in [-0.05, 0) is 44.0 Å². The monoisotopic (exact) mass is 459 g/mol. The molecule has 1 aromatic carbocycles. The number of likely N-dealkylation sites (tertiary alicyclic amines) is 1. The largest absolute Gasteiger partial charge is 0.481 e. The summed E-state index contributed by atoms with van der Waals surface area (Å²) in [7, 11) is 0. The van der Waals surface area contributed by atoms with Crippen molar-refractivity contribution in [3.63, 3.8) is 0 Å². The second-order valence-electron chi connectivity index (χ2n) is 7.66.